The normalized spacial score (nSPS) is 26.1. The molecular weight excluding hydrogens is 292 g/mol. The first kappa shape index (κ1) is 14.2. The van der Waals surface area contributed by atoms with Gasteiger partial charge >= 0.3 is 0 Å². The molecule has 102 valence electrons. The van der Waals surface area contributed by atoms with Gasteiger partial charge in [-0.2, -0.15) is 0 Å². The van der Waals surface area contributed by atoms with Crippen LogP contribution in [0.3, 0.4) is 0 Å². The van der Waals surface area contributed by atoms with Crippen LogP contribution >= 0.6 is 23.5 Å². The van der Waals surface area contributed by atoms with Gasteiger partial charge in [0, 0.05) is 18.8 Å². The summed E-state index contributed by atoms with van der Waals surface area (Å²) in [5.74, 6) is 1.63. The quantitative estimate of drug-likeness (QED) is 0.758. The molecular formula is C10H16N2O3S3. The van der Waals surface area contributed by atoms with E-state index >= 15 is 0 Å². The number of amides is 1. The number of sulfone groups is 1. The molecule has 18 heavy (non-hydrogen) atoms. The lowest BCUT2D eigenvalue weighted by Gasteiger charge is -2.23. The van der Waals surface area contributed by atoms with Crippen LogP contribution in [-0.2, 0) is 14.6 Å². The van der Waals surface area contributed by atoms with Crippen LogP contribution in [0.4, 0.5) is 0 Å². The largest absolute Gasteiger partial charge is 0.341 e. The summed E-state index contributed by atoms with van der Waals surface area (Å²) in [6.45, 7) is 0.831. The molecule has 0 aromatic heterocycles. The molecule has 0 bridgehead atoms. The van der Waals surface area contributed by atoms with Crippen molar-refractivity contribution in [3.05, 3.63) is 0 Å². The number of carbonyl (C=O) groups is 1. The van der Waals surface area contributed by atoms with Crippen molar-refractivity contribution < 1.29 is 13.2 Å². The Morgan fingerprint density at radius 2 is 2.39 bits per heavy atom. The van der Waals surface area contributed by atoms with Crippen molar-refractivity contribution in [2.45, 2.75) is 12.5 Å². The summed E-state index contributed by atoms with van der Waals surface area (Å²) in [5, 5.41) is 0. The van der Waals surface area contributed by atoms with Gasteiger partial charge in [-0.25, -0.2) is 8.42 Å². The van der Waals surface area contributed by atoms with Gasteiger partial charge in [-0.15, -0.1) is 0 Å². The summed E-state index contributed by atoms with van der Waals surface area (Å²) < 4.78 is 23.7. The summed E-state index contributed by atoms with van der Waals surface area (Å²) in [4.78, 5) is 17.8. The topological polar surface area (TPSA) is 66.8 Å². The van der Waals surface area contributed by atoms with Gasteiger partial charge < -0.3 is 4.90 Å². The molecule has 0 aromatic rings. The van der Waals surface area contributed by atoms with Crippen molar-refractivity contribution in [2.75, 3.05) is 36.6 Å². The molecule has 2 aliphatic rings. The Morgan fingerprint density at radius 1 is 1.61 bits per heavy atom. The fourth-order valence-corrected chi connectivity index (χ4v) is 5.62. The van der Waals surface area contributed by atoms with E-state index in [4.69, 9.17) is 0 Å². The average Bonchev–Trinajstić information content (AvgIpc) is 2.94. The zero-order valence-electron chi connectivity index (χ0n) is 10.2. The Bertz CT molecular complexity index is 461. The number of aliphatic imine (C=N–C) groups is 1. The molecule has 0 unspecified atom stereocenters. The van der Waals surface area contributed by atoms with Gasteiger partial charge in [0.15, 0.2) is 9.84 Å². The van der Waals surface area contributed by atoms with E-state index in [1.54, 1.807) is 23.7 Å². The molecule has 0 N–H and O–H groups in total. The van der Waals surface area contributed by atoms with Gasteiger partial charge in [0.1, 0.15) is 4.38 Å². The molecule has 1 amide bonds. The zero-order chi connectivity index (χ0) is 13.2. The third-order valence-electron chi connectivity index (χ3n) is 3.03. The molecule has 2 aliphatic heterocycles. The van der Waals surface area contributed by atoms with Gasteiger partial charge in [0.05, 0.1) is 23.8 Å². The van der Waals surface area contributed by atoms with Crippen LogP contribution in [0.15, 0.2) is 4.99 Å². The van der Waals surface area contributed by atoms with Gasteiger partial charge in [-0.1, -0.05) is 23.5 Å². The third-order valence-corrected chi connectivity index (χ3v) is 7.01. The van der Waals surface area contributed by atoms with Crippen LogP contribution < -0.4 is 0 Å². The standard InChI is InChI=1S/C10H16N2O3S3/c1-12(8-2-5-18(14,15)7-8)9(13)6-17-10-11-3-4-16-10/h8H,2-7H2,1H3/t8-/m0/s1. The average molecular weight is 308 g/mol. The van der Waals surface area contributed by atoms with Crippen LogP contribution in [-0.4, -0.2) is 66.2 Å². The van der Waals surface area contributed by atoms with E-state index in [9.17, 15) is 13.2 Å². The van der Waals surface area contributed by atoms with E-state index in [0.29, 0.717) is 12.2 Å². The molecule has 0 aromatic carbocycles. The van der Waals surface area contributed by atoms with E-state index in [1.165, 1.54) is 11.8 Å². The third kappa shape index (κ3) is 3.64. The fraction of sp³-hybridized carbons (Fsp3) is 0.800. The molecule has 5 nitrogen and oxygen atoms in total. The van der Waals surface area contributed by atoms with E-state index < -0.39 is 9.84 Å². The van der Waals surface area contributed by atoms with E-state index in [1.807, 2.05) is 0 Å². The molecule has 1 fully saturated rings. The second kappa shape index (κ2) is 5.83. The van der Waals surface area contributed by atoms with Crippen molar-refractivity contribution in [1.29, 1.82) is 0 Å². The molecule has 0 spiro atoms. The molecule has 1 saturated heterocycles. The molecule has 2 heterocycles. The summed E-state index contributed by atoms with van der Waals surface area (Å²) in [5.41, 5.74) is 0. The van der Waals surface area contributed by atoms with E-state index in [-0.39, 0.29) is 23.5 Å². The lowest BCUT2D eigenvalue weighted by atomic mass is 10.2. The van der Waals surface area contributed by atoms with Crippen LogP contribution in [0.5, 0.6) is 0 Å². The van der Waals surface area contributed by atoms with Crippen LogP contribution in [0, 0.1) is 0 Å². The Kier molecular flexibility index (Phi) is 4.60. The van der Waals surface area contributed by atoms with Crippen molar-refractivity contribution in [3.63, 3.8) is 0 Å². The number of hydrogen-bond donors (Lipinski definition) is 0. The minimum Gasteiger partial charge on any atom is -0.341 e. The highest BCUT2D eigenvalue weighted by Gasteiger charge is 2.32. The summed E-state index contributed by atoms with van der Waals surface area (Å²) in [6, 6.07) is -0.152. The van der Waals surface area contributed by atoms with Crippen molar-refractivity contribution in [3.8, 4) is 0 Å². The number of hydrogen-bond acceptors (Lipinski definition) is 6. The van der Waals surface area contributed by atoms with Crippen molar-refractivity contribution in [2.24, 2.45) is 4.99 Å². The predicted molar refractivity (Wildman–Crippen MR) is 77.0 cm³/mol. The predicted octanol–water partition coefficient (Wildman–Crippen LogP) is 0.468. The molecule has 0 aliphatic carbocycles. The highest BCUT2D eigenvalue weighted by molar-refractivity contribution is 8.39. The minimum atomic E-state index is -2.93. The maximum atomic E-state index is 11.9. The summed E-state index contributed by atoms with van der Waals surface area (Å²) in [6.07, 6.45) is 0.560. The Balaban J connectivity index is 1.81. The Labute approximate surface area is 116 Å². The monoisotopic (exact) mass is 308 g/mol. The maximum Gasteiger partial charge on any atom is 0.233 e. The van der Waals surface area contributed by atoms with E-state index in [2.05, 4.69) is 4.99 Å². The fourth-order valence-electron chi connectivity index (χ4n) is 1.91. The first-order valence-electron chi connectivity index (χ1n) is 5.74. The number of carbonyl (C=O) groups excluding carboxylic acids is 1. The van der Waals surface area contributed by atoms with Crippen molar-refractivity contribution in [1.82, 2.24) is 4.90 Å². The Morgan fingerprint density at radius 3 is 2.94 bits per heavy atom. The first-order valence-corrected chi connectivity index (χ1v) is 9.53. The lowest BCUT2D eigenvalue weighted by molar-refractivity contribution is -0.128. The van der Waals surface area contributed by atoms with Gasteiger partial charge in [0.2, 0.25) is 5.91 Å². The number of rotatable bonds is 3. The van der Waals surface area contributed by atoms with Gasteiger partial charge in [0.25, 0.3) is 0 Å². The van der Waals surface area contributed by atoms with E-state index in [0.717, 1.165) is 16.7 Å². The zero-order valence-corrected chi connectivity index (χ0v) is 12.6. The van der Waals surface area contributed by atoms with Crippen LogP contribution in [0.2, 0.25) is 0 Å². The minimum absolute atomic E-state index is 0.0164. The Hall–Kier alpha value is -0.210. The summed E-state index contributed by atoms with van der Waals surface area (Å²) in [7, 11) is -1.24. The number of thioether (sulfide) groups is 2. The number of nitrogens with zero attached hydrogens (tertiary/aromatic N) is 2. The molecule has 0 saturated carbocycles. The van der Waals surface area contributed by atoms with Gasteiger partial charge in [-0.3, -0.25) is 9.79 Å². The van der Waals surface area contributed by atoms with Gasteiger partial charge in [-0.05, 0) is 6.42 Å². The lowest BCUT2D eigenvalue weighted by Crippen LogP contribution is -2.39. The SMILES string of the molecule is CN(C(=O)CSC1=NCCS1)[C@H]1CCS(=O)(=O)C1. The highest BCUT2D eigenvalue weighted by Crippen LogP contribution is 2.23. The van der Waals surface area contributed by atoms with Crippen LogP contribution in [0.1, 0.15) is 6.42 Å². The molecule has 8 heteroatoms. The molecule has 2 rings (SSSR count). The van der Waals surface area contributed by atoms with Crippen molar-refractivity contribution >= 4 is 43.6 Å². The maximum absolute atomic E-state index is 11.9. The first-order chi connectivity index (χ1) is 8.48. The molecule has 1 atom stereocenters. The smallest absolute Gasteiger partial charge is 0.233 e. The molecule has 0 radical (unpaired) electrons. The second-order valence-corrected chi connectivity index (χ2v) is 8.88. The highest BCUT2D eigenvalue weighted by atomic mass is 32.2. The summed E-state index contributed by atoms with van der Waals surface area (Å²) >= 11 is 3.13. The van der Waals surface area contributed by atoms with Crippen LogP contribution in [0.25, 0.3) is 0 Å². The second-order valence-electron chi connectivity index (χ2n) is 4.35.